The number of hydrogen-bond donors (Lipinski definition) is 2. The van der Waals surface area contributed by atoms with Crippen molar-refractivity contribution < 1.29 is 9.94 Å². The summed E-state index contributed by atoms with van der Waals surface area (Å²) in [6.07, 6.45) is 5.24. The van der Waals surface area contributed by atoms with Crippen LogP contribution in [0.3, 0.4) is 0 Å². The fourth-order valence-electron chi connectivity index (χ4n) is 3.80. The highest BCUT2D eigenvalue weighted by atomic mass is 16.5. The molecule has 1 aromatic rings. The lowest BCUT2D eigenvalue weighted by molar-refractivity contribution is 0.0945. The summed E-state index contributed by atoms with van der Waals surface area (Å²) in [5, 5.41) is 9.09. The Hall–Kier alpha value is -1.46. The van der Waals surface area contributed by atoms with Gasteiger partial charge in [0.05, 0.1) is 7.11 Å². The largest absolute Gasteiger partial charge is 0.494 e. The van der Waals surface area contributed by atoms with Crippen molar-refractivity contribution in [2.45, 2.75) is 25.7 Å². The smallest absolute Gasteiger partial charge is 0.146 e. The van der Waals surface area contributed by atoms with Gasteiger partial charge in [0, 0.05) is 24.8 Å². The number of nitrogens with one attached hydrogen (secondary N) is 1. The Bertz CT molecular complexity index is 503. The highest BCUT2D eigenvalue weighted by Crippen LogP contribution is 2.42. The molecule has 0 aromatic heterocycles. The zero-order valence-electron chi connectivity index (χ0n) is 13.6. The Labute approximate surface area is 132 Å². The van der Waals surface area contributed by atoms with Gasteiger partial charge in [-0.2, -0.15) is 0 Å². The topological polar surface area (TPSA) is 48.0 Å². The molecule has 2 N–H and O–H groups in total. The second kappa shape index (κ2) is 6.34. The standard InChI is InChI=1S/C17H27N3O2/c1-19-9-5-17(6-10-19)7-11-20(12-8-17)14-3-4-15(18-21)16(13-14)22-2/h3-4,13,18,21H,5-12H2,1-2H3. The van der Waals surface area contributed by atoms with E-state index < -0.39 is 0 Å². The van der Waals surface area contributed by atoms with Gasteiger partial charge in [-0.25, -0.2) is 0 Å². The monoisotopic (exact) mass is 305 g/mol. The summed E-state index contributed by atoms with van der Waals surface area (Å²) in [6, 6.07) is 5.92. The second-order valence-electron chi connectivity index (χ2n) is 6.79. The van der Waals surface area contributed by atoms with Crippen LogP contribution in [0.4, 0.5) is 11.4 Å². The molecule has 0 unspecified atom stereocenters. The molecule has 0 bridgehead atoms. The van der Waals surface area contributed by atoms with Gasteiger partial charge in [-0.3, -0.25) is 10.7 Å². The van der Waals surface area contributed by atoms with Gasteiger partial charge in [0.25, 0.3) is 0 Å². The summed E-state index contributed by atoms with van der Waals surface area (Å²) in [5.41, 5.74) is 4.53. The van der Waals surface area contributed by atoms with E-state index >= 15 is 0 Å². The molecule has 3 rings (SSSR count). The first-order chi connectivity index (χ1) is 10.7. The molecular formula is C17H27N3O2. The maximum Gasteiger partial charge on any atom is 0.146 e. The summed E-state index contributed by atoms with van der Waals surface area (Å²) >= 11 is 0. The number of nitrogens with zero attached hydrogens (tertiary/aromatic N) is 2. The predicted molar refractivity (Wildman–Crippen MR) is 89.0 cm³/mol. The van der Waals surface area contributed by atoms with Gasteiger partial charge in [-0.1, -0.05) is 0 Å². The van der Waals surface area contributed by atoms with Gasteiger partial charge in [-0.05, 0) is 63.4 Å². The third-order valence-corrected chi connectivity index (χ3v) is 5.54. The van der Waals surface area contributed by atoms with Crippen molar-refractivity contribution in [1.29, 1.82) is 0 Å². The molecule has 122 valence electrons. The average Bonchev–Trinajstić information content (AvgIpc) is 2.58. The molecule has 2 saturated heterocycles. The molecule has 0 amide bonds. The molecule has 2 heterocycles. The Morgan fingerprint density at radius 1 is 1.09 bits per heavy atom. The summed E-state index contributed by atoms with van der Waals surface area (Å²) < 4.78 is 5.33. The number of hydrogen-bond acceptors (Lipinski definition) is 5. The summed E-state index contributed by atoms with van der Waals surface area (Å²) in [7, 11) is 3.86. The fraction of sp³-hybridized carbons (Fsp3) is 0.647. The molecular weight excluding hydrogens is 278 g/mol. The van der Waals surface area contributed by atoms with Crippen molar-refractivity contribution in [3.63, 3.8) is 0 Å². The number of ether oxygens (including phenoxy) is 1. The lowest BCUT2D eigenvalue weighted by atomic mass is 9.71. The molecule has 0 atom stereocenters. The predicted octanol–water partition coefficient (Wildman–Crippen LogP) is 2.81. The van der Waals surface area contributed by atoms with Crippen LogP contribution in [0, 0.1) is 5.41 Å². The minimum atomic E-state index is 0.569. The minimum absolute atomic E-state index is 0.569. The molecule has 1 aromatic carbocycles. The summed E-state index contributed by atoms with van der Waals surface area (Å²) in [5.74, 6) is 0.680. The molecule has 5 heteroatoms. The number of benzene rings is 1. The number of methoxy groups -OCH3 is 1. The Morgan fingerprint density at radius 3 is 2.32 bits per heavy atom. The SMILES string of the molecule is COc1cc(N2CCC3(CCN(C)CC3)CC2)ccc1NO. The van der Waals surface area contributed by atoms with Crippen molar-refractivity contribution >= 4 is 11.4 Å². The van der Waals surface area contributed by atoms with Crippen LogP contribution in [0.1, 0.15) is 25.7 Å². The van der Waals surface area contributed by atoms with E-state index in [1.807, 2.05) is 18.2 Å². The van der Waals surface area contributed by atoms with Crippen LogP contribution in [0.2, 0.25) is 0 Å². The van der Waals surface area contributed by atoms with Crippen LogP contribution in [-0.4, -0.2) is 50.4 Å². The van der Waals surface area contributed by atoms with E-state index in [1.165, 1.54) is 44.5 Å². The number of likely N-dealkylation sites (tertiary alicyclic amines) is 1. The lowest BCUT2D eigenvalue weighted by Crippen LogP contribution is -2.46. The van der Waals surface area contributed by atoms with Crippen molar-refractivity contribution in [3.05, 3.63) is 18.2 Å². The van der Waals surface area contributed by atoms with E-state index in [-0.39, 0.29) is 0 Å². The van der Waals surface area contributed by atoms with Crippen molar-refractivity contribution in [1.82, 2.24) is 4.90 Å². The van der Waals surface area contributed by atoms with Crippen LogP contribution < -0.4 is 15.1 Å². The van der Waals surface area contributed by atoms with Crippen LogP contribution in [0.25, 0.3) is 0 Å². The highest BCUT2D eigenvalue weighted by Gasteiger charge is 2.36. The Balaban J connectivity index is 1.66. The summed E-state index contributed by atoms with van der Waals surface area (Å²) in [4.78, 5) is 4.89. The zero-order valence-corrected chi connectivity index (χ0v) is 13.6. The summed E-state index contributed by atoms with van der Waals surface area (Å²) in [6.45, 7) is 4.70. The van der Waals surface area contributed by atoms with E-state index in [0.29, 0.717) is 16.9 Å². The fourth-order valence-corrected chi connectivity index (χ4v) is 3.80. The van der Waals surface area contributed by atoms with Crippen molar-refractivity contribution in [2.75, 3.05) is 50.7 Å². The zero-order chi connectivity index (χ0) is 15.6. The van der Waals surface area contributed by atoms with Crippen LogP contribution >= 0.6 is 0 Å². The molecule has 22 heavy (non-hydrogen) atoms. The van der Waals surface area contributed by atoms with Gasteiger partial charge >= 0.3 is 0 Å². The molecule has 2 aliphatic heterocycles. The first kappa shape index (κ1) is 15.4. The van der Waals surface area contributed by atoms with E-state index in [9.17, 15) is 0 Å². The normalized spacial score (nSPS) is 21.9. The van der Waals surface area contributed by atoms with Crippen molar-refractivity contribution in [2.24, 2.45) is 5.41 Å². The van der Waals surface area contributed by atoms with Gasteiger partial charge in [-0.15, -0.1) is 0 Å². The lowest BCUT2D eigenvalue weighted by Gasteiger charge is -2.46. The number of rotatable bonds is 3. The van der Waals surface area contributed by atoms with E-state index in [4.69, 9.17) is 9.94 Å². The molecule has 2 fully saturated rings. The van der Waals surface area contributed by atoms with E-state index in [1.54, 1.807) is 7.11 Å². The van der Waals surface area contributed by atoms with Gasteiger partial charge in [0.1, 0.15) is 11.4 Å². The Kier molecular flexibility index (Phi) is 4.45. The molecule has 5 nitrogen and oxygen atoms in total. The highest BCUT2D eigenvalue weighted by molar-refractivity contribution is 5.63. The van der Waals surface area contributed by atoms with Crippen LogP contribution in [-0.2, 0) is 0 Å². The third-order valence-electron chi connectivity index (χ3n) is 5.54. The van der Waals surface area contributed by atoms with Gasteiger partial charge in [0.2, 0.25) is 0 Å². The number of anilines is 2. The molecule has 0 aliphatic carbocycles. The first-order valence-electron chi connectivity index (χ1n) is 8.17. The average molecular weight is 305 g/mol. The van der Waals surface area contributed by atoms with Gasteiger partial charge < -0.3 is 14.5 Å². The Morgan fingerprint density at radius 2 is 1.73 bits per heavy atom. The molecule has 1 spiro atoms. The van der Waals surface area contributed by atoms with E-state index in [0.717, 1.165) is 13.1 Å². The first-order valence-corrected chi connectivity index (χ1v) is 8.17. The minimum Gasteiger partial charge on any atom is -0.494 e. The maximum atomic E-state index is 9.09. The maximum absolute atomic E-state index is 9.09. The molecule has 2 aliphatic rings. The number of piperidine rings is 2. The quantitative estimate of drug-likeness (QED) is 0.841. The second-order valence-corrected chi connectivity index (χ2v) is 6.79. The van der Waals surface area contributed by atoms with E-state index in [2.05, 4.69) is 22.3 Å². The van der Waals surface area contributed by atoms with Crippen molar-refractivity contribution in [3.8, 4) is 5.75 Å². The van der Waals surface area contributed by atoms with Gasteiger partial charge in [0.15, 0.2) is 0 Å². The van der Waals surface area contributed by atoms with Crippen LogP contribution in [0.15, 0.2) is 18.2 Å². The van der Waals surface area contributed by atoms with Crippen LogP contribution in [0.5, 0.6) is 5.75 Å². The third kappa shape index (κ3) is 3.01. The molecule has 0 saturated carbocycles. The molecule has 0 radical (unpaired) electrons.